The second kappa shape index (κ2) is 6.58. The first kappa shape index (κ1) is 14.8. The third kappa shape index (κ3) is 3.87. The lowest BCUT2D eigenvalue weighted by molar-refractivity contribution is -0.149. The zero-order chi connectivity index (χ0) is 13.7. The lowest BCUT2D eigenvalue weighted by Crippen LogP contribution is -2.44. The van der Waals surface area contributed by atoms with E-state index in [1.165, 1.54) is 0 Å². The van der Waals surface area contributed by atoms with E-state index >= 15 is 0 Å². The van der Waals surface area contributed by atoms with Crippen molar-refractivity contribution < 1.29 is 19.4 Å². The molecule has 3 atom stereocenters. The Bertz CT molecular complexity index is 308. The van der Waals surface area contributed by atoms with E-state index in [2.05, 4.69) is 5.32 Å². The summed E-state index contributed by atoms with van der Waals surface area (Å²) in [4.78, 5) is 24.1. The van der Waals surface area contributed by atoms with Gasteiger partial charge in [-0.25, -0.2) is 9.59 Å². The summed E-state index contributed by atoms with van der Waals surface area (Å²) in [5, 5.41) is 11.5. The van der Waals surface area contributed by atoms with Gasteiger partial charge in [-0.2, -0.15) is 0 Å². The molecule has 0 aliphatic carbocycles. The van der Waals surface area contributed by atoms with Crippen LogP contribution in [0.5, 0.6) is 0 Å². The Kier molecular flexibility index (Phi) is 5.40. The minimum Gasteiger partial charge on any atom is -0.479 e. The highest BCUT2D eigenvalue weighted by atomic mass is 16.5. The molecule has 1 saturated heterocycles. The van der Waals surface area contributed by atoms with Gasteiger partial charge in [0, 0.05) is 19.6 Å². The number of ether oxygens (including phenoxy) is 1. The van der Waals surface area contributed by atoms with Gasteiger partial charge in [-0.05, 0) is 26.2 Å². The van der Waals surface area contributed by atoms with Crippen molar-refractivity contribution in [3.05, 3.63) is 0 Å². The number of carboxylic acid groups (broad SMARTS) is 1. The van der Waals surface area contributed by atoms with Crippen molar-refractivity contribution >= 4 is 12.0 Å². The van der Waals surface area contributed by atoms with Crippen LogP contribution in [0.2, 0.25) is 0 Å². The van der Waals surface area contributed by atoms with E-state index in [0.29, 0.717) is 19.4 Å². The summed E-state index contributed by atoms with van der Waals surface area (Å²) in [5.41, 5.74) is 0. The summed E-state index contributed by atoms with van der Waals surface area (Å²) < 4.78 is 5.31. The third-order valence-electron chi connectivity index (χ3n) is 3.44. The molecule has 0 spiro atoms. The topological polar surface area (TPSA) is 78.9 Å². The number of urea groups is 1. The smallest absolute Gasteiger partial charge is 0.332 e. The second-order valence-corrected chi connectivity index (χ2v) is 4.72. The van der Waals surface area contributed by atoms with Gasteiger partial charge >= 0.3 is 12.0 Å². The Morgan fingerprint density at radius 1 is 1.50 bits per heavy atom. The van der Waals surface area contributed by atoms with Gasteiger partial charge in [0.1, 0.15) is 0 Å². The highest BCUT2D eigenvalue weighted by Gasteiger charge is 2.30. The summed E-state index contributed by atoms with van der Waals surface area (Å²) in [5.74, 6) is -0.930. The molecule has 1 rings (SSSR count). The lowest BCUT2D eigenvalue weighted by Gasteiger charge is -2.24. The molecule has 3 unspecified atom stereocenters. The van der Waals surface area contributed by atoms with Crippen LogP contribution in [0.1, 0.15) is 33.1 Å². The first-order chi connectivity index (χ1) is 8.45. The molecule has 2 amide bonds. The van der Waals surface area contributed by atoms with Crippen molar-refractivity contribution in [1.82, 2.24) is 10.2 Å². The van der Waals surface area contributed by atoms with Crippen LogP contribution in [-0.2, 0) is 9.53 Å². The first-order valence-corrected chi connectivity index (χ1v) is 6.34. The van der Waals surface area contributed by atoms with Gasteiger partial charge < -0.3 is 20.1 Å². The van der Waals surface area contributed by atoms with Crippen molar-refractivity contribution in [3.8, 4) is 0 Å². The van der Waals surface area contributed by atoms with Crippen LogP contribution in [0, 0.1) is 0 Å². The van der Waals surface area contributed by atoms with Gasteiger partial charge in [0.05, 0.1) is 6.10 Å². The molecule has 1 aliphatic heterocycles. The van der Waals surface area contributed by atoms with Crippen LogP contribution in [-0.4, -0.2) is 53.8 Å². The molecular formula is C12H22N2O4. The van der Waals surface area contributed by atoms with E-state index in [1.807, 2.05) is 13.8 Å². The van der Waals surface area contributed by atoms with Crippen molar-refractivity contribution in [2.45, 2.75) is 51.4 Å². The molecule has 104 valence electrons. The zero-order valence-corrected chi connectivity index (χ0v) is 11.2. The summed E-state index contributed by atoms with van der Waals surface area (Å²) >= 11 is 0. The van der Waals surface area contributed by atoms with Crippen molar-refractivity contribution in [3.63, 3.8) is 0 Å². The maximum Gasteiger partial charge on any atom is 0.332 e. The summed E-state index contributed by atoms with van der Waals surface area (Å²) in [7, 11) is 1.75. The molecule has 18 heavy (non-hydrogen) atoms. The average Bonchev–Trinajstić information content (AvgIpc) is 2.82. The molecule has 1 heterocycles. The Morgan fingerprint density at radius 3 is 2.67 bits per heavy atom. The van der Waals surface area contributed by atoms with E-state index in [-0.39, 0.29) is 18.2 Å². The van der Waals surface area contributed by atoms with Crippen molar-refractivity contribution in [2.24, 2.45) is 0 Å². The van der Waals surface area contributed by atoms with Gasteiger partial charge in [0.2, 0.25) is 0 Å². The molecule has 0 bridgehead atoms. The van der Waals surface area contributed by atoms with Gasteiger partial charge in [0.25, 0.3) is 0 Å². The van der Waals surface area contributed by atoms with Gasteiger partial charge in [0.15, 0.2) is 6.10 Å². The fourth-order valence-corrected chi connectivity index (χ4v) is 1.84. The van der Waals surface area contributed by atoms with Crippen molar-refractivity contribution in [1.29, 1.82) is 0 Å². The molecule has 2 N–H and O–H groups in total. The average molecular weight is 258 g/mol. The number of amides is 2. The SMILES string of the molecule is CCC(C)N(C)C(=O)NCC1CCC(C(=O)O)O1. The van der Waals surface area contributed by atoms with Crippen LogP contribution in [0.4, 0.5) is 4.79 Å². The normalized spacial score (nSPS) is 24.6. The van der Waals surface area contributed by atoms with E-state index in [0.717, 1.165) is 6.42 Å². The standard InChI is InChI=1S/C12H22N2O4/c1-4-8(2)14(3)12(17)13-7-9-5-6-10(18-9)11(15)16/h8-10H,4-7H2,1-3H3,(H,13,17)(H,15,16). The minimum absolute atomic E-state index is 0.147. The summed E-state index contributed by atoms with van der Waals surface area (Å²) in [6.07, 6.45) is 1.16. The zero-order valence-electron chi connectivity index (χ0n) is 11.2. The van der Waals surface area contributed by atoms with E-state index in [4.69, 9.17) is 9.84 Å². The minimum atomic E-state index is -0.930. The van der Waals surface area contributed by atoms with Crippen LogP contribution >= 0.6 is 0 Å². The molecule has 0 saturated carbocycles. The Balaban J connectivity index is 2.29. The van der Waals surface area contributed by atoms with Gasteiger partial charge in [-0.15, -0.1) is 0 Å². The highest BCUT2D eigenvalue weighted by Crippen LogP contribution is 2.19. The summed E-state index contributed by atoms with van der Waals surface area (Å²) in [6.45, 7) is 4.36. The first-order valence-electron chi connectivity index (χ1n) is 6.34. The maximum atomic E-state index is 11.8. The number of nitrogens with one attached hydrogen (secondary N) is 1. The number of carboxylic acids is 1. The van der Waals surface area contributed by atoms with Crippen molar-refractivity contribution in [2.75, 3.05) is 13.6 Å². The highest BCUT2D eigenvalue weighted by molar-refractivity contribution is 5.74. The molecule has 1 aliphatic rings. The fraction of sp³-hybridized carbons (Fsp3) is 0.833. The Labute approximate surface area is 107 Å². The van der Waals surface area contributed by atoms with Crippen LogP contribution < -0.4 is 5.32 Å². The van der Waals surface area contributed by atoms with Gasteiger partial charge in [-0.1, -0.05) is 6.92 Å². The lowest BCUT2D eigenvalue weighted by atomic mass is 10.2. The number of carbonyl (C=O) groups is 2. The predicted molar refractivity (Wildman–Crippen MR) is 66.4 cm³/mol. The Morgan fingerprint density at radius 2 is 2.17 bits per heavy atom. The fourth-order valence-electron chi connectivity index (χ4n) is 1.84. The number of hydrogen-bond donors (Lipinski definition) is 2. The largest absolute Gasteiger partial charge is 0.479 e. The maximum absolute atomic E-state index is 11.8. The predicted octanol–water partition coefficient (Wildman–Crippen LogP) is 1.06. The molecule has 1 fully saturated rings. The monoisotopic (exact) mass is 258 g/mol. The summed E-state index contributed by atoms with van der Waals surface area (Å²) in [6, 6.07) is 0.0352. The van der Waals surface area contributed by atoms with E-state index in [1.54, 1.807) is 11.9 Å². The number of nitrogens with zero attached hydrogens (tertiary/aromatic N) is 1. The van der Waals surface area contributed by atoms with Crippen LogP contribution in [0.25, 0.3) is 0 Å². The molecule has 0 aromatic heterocycles. The number of rotatable bonds is 5. The Hall–Kier alpha value is -1.30. The molecule has 6 nitrogen and oxygen atoms in total. The van der Waals surface area contributed by atoms with Crippen LogP contribution in [0.15, 0.2) is 0 Å². The molecule has 6 heteroatoms. The van der Waals surface area contributed by atoms with Crippen LogP contribution in [0.3, 0.4) is 0 Å². The number of aliphatic carboxylic acids is 1. The van der Waals surface area contributed by atoms with E-state index < -0.39 is 12.1 Å². The second-order valence-electron chi connectivity index (χ2n) is 4.72. The number of carbonyl (C=O) groups excluding carboxylic acids is 1. The van der Waals surface area contributed by atoms with E-state index in [9.17, 15) is 9.59 Å². The quantitative estimate of drug-likeness (QED) is 0.772. The number of hydrogen-bond acceptors (Lipinski definition) is 3. The molecular weight excluding hydrogens is 236 g/mol. The molecule has 0 radical (unpaired) electrons. The molecule has 0 aromatic carbocycles. The molecule has 0 aromatic rings. The third-order valence-corrected chi connectivity index (χ3v) is 3.44. The van der Waals surface area contributed by atoms with Gasteiger partial charge in [-0.3, -0.25) is 0 Å².